The number of anilines is 1. The van der Waals surface area contributed by atoms with E-state index in [1.807, 2.05) is 19.1 Å². The first-order valence-electron chi connectivity index (χ1n) is 11.1. The van der Waals surface area contributed by atoms with Crippen molar-refractivity contribution in [1.29, 1.82) is 0 Å². The SMILES string of the molecule is C[C@H]1CCCCN1S(=O)(=O)c1ccc(C(=O)Nc2nnc([C@@H]3COc4ccccc4O3)o2)cc1. The van der Waals surface area contributed by atoms with Crippen LogP contribution in [0.4, 0.5) is 6.01 Å². The Balaban J connectivity index is 1.24. The van der Waals surface area contributed by atoms with Crippen LogP contribution >= 0.6 is 0 Å². The number of sulfonamides is 1. The van der Waals surface area contributed by atoms with Crippen molar-refractivity contribution >= 4 is 21.9 Å². The zero-order valence-corrected chi connectivity index (χ0v) is 19.3. The summed E-state index contributed by atoms with van der Waals surface area (Å²) in [6.07, 6.45) is 2.11. The van der Waals surface area contributed by atoms with Crippen LogP contribution in [0.15, 0.2) is 57.8 Å². The molecule has 0 aliphatic carbocycles. The molecule has 0 spiro atoms. The lowest BCUT2D eigenvalue weighted by Gasteiger charge is -2.32. The minimum absolute atomic E-state index is 0.0412. The molecule has 3 aromatic rings. The fraction of sp³-hybridized carbons (Fsp3) is 0.348. The summed E-state index contributed by atoms with van der Waals surface area (Å²) in [4.78, 5) is 12.8. The van der Waals surface area contributed by atoms with E-state index in [2.05, 4.69) is 15.5 Å². The number of fused-ring (bicyclic) bond motifs is 1. The molecule has 1 saturated heterocycles. The Morgan fingerprint density at radius 2 is 1.82 bits per heavy atom. The van der Waals surface area contributed by atoms with Gasteiger partial charge in [-0.1, -0.05) is 23.7 Å². The number of hydrogen-bond donors (Lipinski definition) is 1. The summed E-state index contributed by atoms with van der Waals surface area (Å²) in [5, 5.41) is 10.3. The third-order valence-corrected chi connectivity index (χ3v) is 7.94. The highest BCUT2D eigenvalue weighted by molar-refractivity contribution is 7.89. The second-order valence-electron chi connectivity index (χ2n) is 8.25. The van der Waals surface area contributed by atoms with Crippen molar-refractivity contribution in [1.82, 2.24) is 14.5 Å². The quantitative estimate of drug-likeness (QED) is 0.584. The van der Waals surface area contributed by atoms with Crippen LogP contribution in [0.3, 0.4) is 0 Å². The standard InChI is InChI=1S/C23H24N4O6S/c1-15-6-4-5-13-27(15)34(29,30)17-11-9-16(10-12-17)21(28)24-23-26-25-22(33-23)20-14-31-18-7-2-3-8-19(18)32-20/h2-3,7-12,15,20H,4-6,13-14H2,1H3,(H,24,26,28)/t15-,20-/m0/s1. The Bertz CT molecular complexity index is 1290. The first-order valence-corrected chi connectivity index (χ1v) is 12.5. The molecule has 0 unspecified atom stereocenters. The van der Waals surface area contributed by atoms with Gasteiger partial charge in [0.05, 0.1) is 4.90 Å². The number of aromatic nitrogens is 2. The molecule has 1 fully saturated rings. The summed E-state index contributed by atoms with van der Waals surface area (Å²) in [6, 6.07) is 12.9. The Labute approximate surface area is 196 Å². The topological polar surface area (TPSA) is 124 Å². The zero-order valence-electron chi connectivity index (χ0n) is 18.5. The van der Waals surface area contributed by atoms with E-state index >= 15 is 0 Å². The second-order valence-corrected chi connectivity index (χ2v) is 10.1. The second kappa shape index (κ2) is 9.07. The average Bonchev–Trinajstić information content (AvgIpc) is 3.32. The Morgan fingerprint density at radius 3 is 2.59 bits per heavy atom. The van der Waals surface area contributed by atoms with Crippen molar-refractivity contribution in [3.8, 4) is 11.5 Å². The number of para-hydroxylation sites is 2. The van der Waals surface area contributed by atoms with E-state index < -0.39 is 22.0 Å². The van der Waals surface area contributed by atoms with Crippen molar-refractivity contribution < 1.29 is 27.1 Å². The first kappa shape index (κ1) is 22.4. The molecule has 0 saturated carbocycles. The van der Waals surface area contributed by atoms with Gasteiger partial charge in [-0.05, 0) is 56.2 Å². The molecule has 178 valence electrons. The van der Waals surface area contributed by atoms with Crippen molar-refractivity contribution in [3.05, 3.63) is 60.0 Å². The maximum atomic E-state index is 13.0. The van der Waals surface area contributed by atoms with Gasteiger partial charge in [0.1, 0.15) is 6.61 Å². The van der Waals surface area contributed by atoms with Crippen molar-refractivity contribution in [3.63, 3.8) is 0 Å². The summed E-state index contributed by atoms with van der Waals surface area (Å²) < 4.78 is 44.5. The zero-order chi connectivity index (χ0) is 23.7. The van der Waals surface area contributed by atoms with Gasteiger partial charge in [0, 0.05) is 18.2 Å². The van der Waals surface area contributed by atoms with Gasteiger partial charge in [-0.25, -0.2) is 8.42 Å². The molecule has 1 N–H and O–H groups in total. The molecule has 2 atom stereocenters. The summed E-state index contributed by atoms with van der Waals surface area (Å²) >= 11 is 0. The van der Waals surface area contributed by atoms with E-state index in [-0.39, 0.29) is 35.0 Å². The van der Waals surface area contributed by atoms with Gasteiger partial charge in [-0.3, -0.25) is 10.1 Å². The van der Waals surface area contributed by atoms with Gasteiger partial charge < -0.3 is 13.9 Å². The summed E-state index contributed by atoms with van der Waals surface area (Å²) in [5.41, 5.74) is 0.261. The van der Waals surface area contributed by atoms with E-state index in [0.717, 1.165) is 19.3 Å². The molecule has 2 aromatic carbocycles. The number of hydrogen-bond acceptors (Lipinski definition) is 8. The fourth-order valence-corrected chi connectivity index (χ4v) is 5.77. The third kappa shape index (κ3) is 4.36. The van der Waals surface area contributed by atoms with Crippen LogP contribution in [0, 0.1) is 0 Å². The van der Waals surface area contributed by atoms with Crippen LogP contribution in [-0.2, 0) is 10.0 Å². The maximum absolute atomic E-state index is 13.0. The van der Waals surface area contributed by atoms with Crippen LogP contribution in [0.5, 0.6) is 11.5 Å². The van der Waals surface area contributed by atoms with Crippen LogP contribution in [0.2, 0.25) is 0 Å². The number of ether oxygens (including phenoxy) is 2. The Hall–Kier alpha value is -3.44. The lowest BCUT2D eigenvalue weighted by Crippen LogP contribution is -2.41. The monoisotopic (exact) mass is 484 g/mol. The third-order valence-electron chi connectivity index (χ3n) is 5.91. The number of rotatable bonds is 5. The van der Waals surface area contributed by atoms with Gasteiger partial charge in [0.2, 0.25) is 16.1 Å². The number of benzene rings is 2. The van der Waals surface area contributed by atoms with E-state index in [1.54, 1.807) is 12.1 Å². The molecule has 0 bridgehead atoms. The predicted octanol–water partition coefficient (Wildman–Crippen LogP) is 3.40. The van der Waals surface area contributed by atoms with Gasteiger partial charge in [0.25, 0.3) is 11.8 Å². The Morgan fingerprint density at radius 1 is 1.06 bits per heavy atom. The first-order chi connectivity index (χ1) is 16.4. The number of amides is 1. The van der Waals surface area contributed by atoms with E-state index in [9.17, 15) is 13.2 Å². The molecule has 3 heterocycles. The molecule has 10 nitrogen and oxygen atoms in total. The molecule has 1 amide bonds. The van der Waals surface area contributed by atoms with Gasteiger partial charge in [-0.2, -0.15) is 4.31 Å². The fourth-order valence-electron chi connectivity index (χ4n) is 4.07. The van der Waals surface area contributed by atoms with Crippen LogP contribution in [-0.4, -0.2) is 48.0 Å². The van der Waals surface area contributed by atoms with Gasteiger partial charge >= 0.3 is 6.01 Å². The van der Waals surface area contributed by atoms with E-state index in [0.29, 0.717) is 18.0 Å². The van der Waals surface area contributed by atoms with Crippen LogP contribution < -0.4 is 14.8 Å². The largest absolute Gasteiger partial charge is 0.485 e. The Kier molecular flexibility index (Phi) is 5.96. The summed E-state index contributed by atoms with van der Waals surface area (Å²) in [5.74, 6) is 0.863. The molecule has 34 heavy (non-hydrogen) atoms. The molecular formula is C23H24N4O6S. The number of nitrogens with zero attached hydrogens (tertiary/aromatic N) is 3. The highest BCUT2D eigenvalue weighted by atomic mass is 32.2. The molecular weight excluding hydrogens is 460 g/mol. The average molecular weight is 485 g/mol. The van der Waals surface area contributed by atoms with Gasteiger partial charge in [0.15, 0.2) is 11.5 Å². The van der Waals surface area contributed by atoms with Gasteiger partial charge in [-0.15, -0.1) is 5.10 Å². The maximum Gasteiger partial charge on any atom is 0.322 e. The number of piperidine rings is 1. The van der Waals surface area contributed by atoms with E-state index in [4.69, 9.17) is 13.9 Å². The minimum Gasteiger partial charge on any atom is -0.485 e. The highest BCUT2D eigenvalue weighted by Gasteiger charge is 2.31. The number of nitrogens with one attached hydrogen (secondary N) is 1. The van der Waals surface area contributed by atoms with Crippen molar-refractivity contribution in [2.45, 2.75) is 43.2 Å². The normalized spacial score (nSPS) is 20.6. The number of carbonyl (C=O) groups is 1. The summed E-state index contributed by atoms with van der Waals surface area (Å²) in [7, 11) is -3.61. The lowest BCUT2D eigenvalue weighted by molar-refractivity contribution is 0.0716. The predicted molar refractivity (Wildman–Crippen MR) is 121 cm³/mol. The van der Waals surface area contributed by atoms with Crippen molar-refractivity contribution in [2.24, 2.45) is 0 Å². The molecule has 11 heteroatoms. The van der Waals surface area contributed by atoms with E-state index in [1.165, 1.54) is 28.6 Å². The molecule has 0 radical (unpaired) electrons. The highest BCUT2D eigenvalue weighted by Crippen LogP contribution is 2.35. The number of carbonyl (C=O) groups excluding carboxylic acids is 1. The lowest BCUT2D eigenvalue weighted by atomic mass is 10.1. The molecule has 2 aliphatic rings. The molecule has 5 rings (SSSR count). The van der Waals surface area contributed by atoms with Crippen LogP contribution in [0.25, 0.3) is 0 Å². The smallest absolute Gasteiger partial charge is 0.322 e. The molecule has 1 aromatic heterocycles. The minimum atomic E-state index is -3.61. The summed E-state index contributed by atoms with van der Waals surface area (Å²) in [6.45, 7) is 2.62. The van der Waals surface area contributed by atoms with Crippen molar-refractivity contribution in [2.75, 3.05) is 18.5 Å². The molecule has 2 aliphatic heterocycles. The van der Waals surface area contributed by atoms with Crippen LogP contribution in [0.1, 0.15) is 48.5 Å².